The number of halogens is 2. The molecular formula is C7H18Cl2N2O. The van der Waals surface area contributed by atoms with Crippen LogP contribution in [0.3, 0.4) is 0 Å². The first-order chi connectivity index (χ1) is 4.74. The quantitative estimate of drug-likeness (QED) is 0.689. The highest BCUT2D eigenvalue weighted by Gasteiger charge is 2.24. The molecule has 0 bridgehead atoms. The van der Waals surface area contributed by atoms with E-state index in [1.165, 1.54) is 0 Å². The van der Waals surface area contributed by atoms with Crippen molar-refractivity contribution in [3.05, 3.63) is 0 Å². The van der Waals surface area contributed by atoms with E-state index in [-0.39, 0.29) is 31.4 Å². The van der Waals surface area contributed by atoms with E-state index in [9.17, 15) is 0 Å². The summed E-state index contributed by atoms with van der Waals surface area (Å²) in [5, 5.41) is 12.0. The maximum atomic E-state index is 8.78. The largest absolute Gasteiger partial charge is 0.395 e. The molecule has 1 aliphatic heterocycles. The number of aliphatic hydroxyl groups excluding tert-OH is 1. The smallest absolute Gasteiger partial charge is 0.0585 e. The zero-order chi connectivity index (χ0) is 7.56. The van der Waals surface area contributed by atoms with Crippen molar-refractivity contribution in [2.75, 3.05) is 27.2 Å². The van der Waals surface area contributed by atoms with Crippen molar-refractivity contribution in [1.29, 1.82) is 0 Å². The summed E-state index contributed by atoms with van der Waals surface area (Å²) in [4.78, 5) is 2.20. The molecule has 0 saturated carbocycles. The normalized spacial score (nSPS) is 28.0. The number of aliphatic hydroxyl groups is 1. The SMILES string of the molecule is CN(C)C1CNC(CO)C1.Cl.Cl. The summed E-state index contributed by atoms with van der Waals surface area (Å²) >= 11 is 0. The van der Waals surface area contributed by atoms with Crippen LogP contribution in [0.25, 0.3) is 0 Å². The molecule has 1 saturated heterocycles. The third-order valence-corrected chi connectivity index (χ3v) is 2.15. The maximum absolute atomic E-state index is 8.78. The van der Waals surface area contributed by atoms with Crippen molar-refractivity contribution >= 4 is 24.8 Å². The first kappa shape index (κ1) is 15.0. The Hall–Kier alpha value is 0.460. The average Bonchev–Trinajstić information content (AvgIpc) is 2.34. The molecule has 1 fully saturated rings. The fourth-order valence-electron chi connectivity index (χ4n) is 1.33. The van der Waals surface area contributed by atoms with Crippen LogP contribution in [0.2, 0.25) is 0 Å². The van der Waals surface area contributed by atoms with Gasteiger partial charge in [-0.3, -0.25) is 0 Å². The molecule has 0 aliphatic carbocycles. The Morgan fingerprint density at radius 2 is 2.00 bits per heavy atom. The minimum Gasteiger partial charge on any atom is -0.395 e. The van der Waals surface area contributed by atoms with E-state index in [1.54, 1.807) is 0 Å². The first-order valence-electron chi connectivity index (χ1n) is 3.74. The zero-order valence-electron chi connectivity index (χ0n) is 7.49. The molecule has 0 spiro atoms. The highest BCUT2D eigenvalue weighted by atomic mass is 35.5. The number of nitrogens with zero attached hydrogens (tertiary/aromatic N) is 1. The second kappa shape index (κ2) is 6.92. The van der Waals surface area contributed by atoms with Gasteiger partial charge in [0.2, 0.25) is 0 Å². The van der Waals surface area contributed by atoms with Gasteiger partial charge in [0, 0.05) is 18.6 Å². The van der Waals surface area contributed by atoms with E-state index in [2.05, 4.69) is 24.3 Å². The predicted octanol–water partition coefficient (Wildman–Crippen LogP) is 0.114. The van der Waals surface area contributed by atoms with E-state index in [0.717, 1.165) is 13.0 Å². The first-order valence-corrected chi connectivity index (χ1v) is 3.74. The molecule has 3 nitrogen and oxygen atoms in total. The van der Waals surface area contributed by atoms with Gasteiger partial charge in [-0.15, -0.1) is 24.8 Å². The topological polar surface area (TPSA) is 35.5 Å². The van der Waals surface area contributed by atoms with Crippen molar-refractivity contribution in [2.24, 2.45) is 0 Å². The number of hydrogen-bond donors (Lipinski definition) is 2. The molecule has 1 heterocycles. The van der Waals surface area contributed by atoms with Crippen LogP contribution in [0.4, 0.5) is 0 Å². The molecule has 0 radical (unpaired) electrons. The van der Waals surface area contributed by atoms with Gasteiger partial charge in [-0.05, 0) is 20.5 Å². The zero-order valence-corrected chi connectivity index (χ0v) is 9.12. The molecule has 76 valence electrons. The summed E-state index contributed by atoms with van der Waals surface area (Å²) in [6.45, 7) is 1.28. The monoisotopic (exact) mass is 216 g/mol. The fourth-order valence-corrected chi connectivity index (χ4v) is 1.33. The van der Waals surface area contributed by atoms with Gasteiger partial charge in [-0.1, -0.05) is 0 Å². The van der Waals surface area contributed by atoms with Gasteiger partial charge < -0.3 is 15.3 Å². The van der Waals surface area contributed by atoms with Gasteiger partial charge in [0.1, 0.15) is 0 Å². The van der Waals surface area contributed by atoms with Gasteiger partial charge in [0.25, 0.3) is 0 Å². The van der Waals surface area contributed by atoms with Crippen LogP contribution in [0.15, 0.2) is 0 Å². The predicted molar refractivity (Wildman–Crippen MR) is 55.5 cm³/mol. The number of likely N-dealkylation sites (N-methyl/N-ethyl adjacent to an activating group) is 1. The Balaban J connectivity index is 0. The van der Waals surface area contributed by atoms with Crippen LogP contribution in [-0.4, -0.2) is 49.3 Å². The highest BCUT2D eigenvalue weighted by molar-refractivity contribution is 5.85. The van der Waals surface area contributed by atoms with Crippen molar-refractivity contribution in [3.8, 4) is 0 Å². The summed E-state index contributed by atoms with van der Waals surface area (Å²) in [5.74, 6) is 0. The summed E-state index contributed by atoms with van der Waals surface area (Å²) in [5.41, 5.74) is 0. The molecule has 1 aliphatic rings. The van der Waals surface area contributed by atoms with Crippen molar-refractivity contribution in [2.45, 2.75) is 18.5 Å². The lowest BCUT2D eigenvalue weighted by Crippen LogP contribution is -2.29. The molecule has 0 aromatic carbocycles. The Bertz CT molecular complexity index is 114. The molecule has 0 amide bonds. The van der Waals surface area contributed by atoms with Crippen molar-refractivity contribution in [3.63, 3.8) is 0 Å². The molecule has 5 heteroatoms. The second-order valence-electron chi connectivity index (χ2n) is 3.14. The third-order valence-electron chi connectivity index (χ3n) is 2.15. The van der Waals surface area contributed by atoms with E-state index in [0.29, 0.717) is 12.1 Å². The maximum Gasteiger partial charge on any atom is 0.0585 e. The average molecular weight is 217 g/mol. The summed E-state index contributed by atoms with van der Waals surface area (Å²) in [6.07, 6.45) is 1.07. The van der Waals surface area contributed by atoms with Crippen LogP contribution in [0.1, 0.15) is 6.42 Å². The lowest BCUT2D eigenvalue weighted by atomic mass is 10.2. The summed E-state index contributed by atoms with van der Waals surface area (Å²) < 4.78 is 0. The molecule has 0 aromatic rings. The second-order valence-corrected chi connectivity index (χ2v) is 3.14. The van der Waals surface area contributed by atoms with E-state index < -0.39 is 0 Å². The van der Waals surface area contributed by atoms with Crippen molar-refractivity contribution < 1.29 is 5.11 Å². The Morgan fingerprint density at radius 1 is 1.42 bits per heavy atom. The molecule has 2 unspecified atom stereocenters. The van der Waals surface area contributed by atoms with Crippen molar-refractivity contribution in [1.82, 2.24) is 10.2 Å². The van der Waals surface area contributed by atoms with E-state index in [4.69, 9.17) is 5.11 Å². The standard InChI is InChI=1S/C7H16N2O.2ClH/c1-9(2)7-3-6(5-10)8-4-7;;/h6-8,10H,3-5H2,1-2H3;2*1H. The minimum absolute atomic E-state index is 0. The van der Waals surface area contributed by atoms with E-state index >= 15 is 0 Å². The van der Waals surface area contributed by atoms with Gasteiger partial charge in [-0.25, -0.2) is 0 Å². The van der Waals surface area contributed by atoms with Crippen LogP contribution in [-0.2, 0) is 0 Å². The molecule has 2 N–H and O–H groups in total. The summed E-state index contributed by atoms with van der Waals surface area (Å²) in [7, 11) is 4.15. The van der Waals surface area contributed by atoms with Gasteiger partial charge in [0.05, 0.1) is 6.61 Å². The summed E-state index contributed by atoms with van der Waals surface area (Å²) in [6, 6.07) is 0.935. The van der Waals surface area contributed by atoms with Crippen LogP contribution >= 0.6 is 24.8 Å². The van der Waals surface area contributed by atoms with Gasteiger partial charge in [0.15, 0.2) is 0 Å². The number of rotatable bonds is 2. The molecular weight excluding hydrogens is 199 g/mol. The third kappa shape index (κ3) is 3.92. The lowest BCUT2D eigenvalue weighted by molar-refractivity contribution is 0.245. The van der Waals surface area contributed by atoms with E-state index in [1.807, 2.05) is 0 Å². The van der Waals surface area contributed by atoms with Crippen LogP contribution < -0.4 is 5.32 Å². The molecule has 1 rings (SSSR count). The Kier molecular flexibility index (Phi) is 8.63. The van der Waals surface area contributed by atoms with Gasteiger partial charge in [-0.2, -0.15) is 0 Å². The molecule has 12 heavy (non-hydrogen) atoms. The number of nitrogens with one attached hydrogen (secondary N) is 1. The number of hydrogen-bond acceptors (Lipinski definition) is 3. The van der Waals surface area contributed by atoms with Crippen LogP contribution in [0.5, 0.6) is 0 Å². The lowest BCUT2D eigenvalue weighted by Gasteiger charge is -2.17. The van der Waals surface area contributed by atoms with Gasteiger partial charge >= 0.3 is 0 Å². The van der Waals surface area contributed by atoms with Crippen LogP contribution in [0, 0.1) is 0 Å². The Morgan fingerprint density at radius 3 is 2.25 bits per heavy atom. The molecule has 2 atom stereocenters. The Labute approximate surface area is 86.3 Å². The molecule has 0 aromatic heterocycles. The fraction of sp³-hybridized carbons (Fsp3) is 1.00. The minimum atomic E-state index is 0. The highest BCUT2D eigenvalue weighted by Crippen LogP contribution is 2.09.